The van der Waals surface area contributed by atoms with Crippen molar-refractivity contribution in [3.05, 3.63) is 84.8 Å². The van der Waals surface area contributed by atoms with Crippen LogP contribution in [0.25, 0.3) is 10.9 Å². The summed E-state index contributed by atoms with van der Waals surface area (Å²) in [6.45, 7) is 3.97. The molecule has 14 nitrogen and oxygen atoms in total. The molecule has 17 heteroatoms. The Labute approximate surface area is 271 Å². The van der Waals surface area contributed by atoms with Gasteiger partial charge in [0.05, 0.1) is 29.5 Å². The highest BCUT2D eigenvalue weighted by atomic mass is 32.2. The molecule has 0 bridgehead atoms. The number of hydrogen-bond acceptors (Lipinski definition) is 10. The number of methoxy groups -OCH3 is 2. The van der Waals surface area contributed by atoms with Gasteiger partial charge in [-0.1, -0.05) is 19.9 Å². The van der Waals surface area contributed by atoms with E-state index in [1.807, 2.05) is 13.8 Å². The van der Waals surface area contributed by atoms with Crippen LogP contribution in [0.2, 0.25) is 0 Å². The van der Waals surface area contributed by atoms with Crippen molar-refractivity contribution in [2.75, 3.05) is 25.3 Å². The highest BCUT2D eigenvalue weighted by Crippen LogP contribution is 2.28. The minimum Gasteiger partial charge on any atom is -0.452 e. The van der Waals surface area contributed by atoms with Gasteiger partial charge in [-0.25, -0.2) is 40.3 Å². The molecule has 5 N–H and O–H groups in total. The smallest absolute Gasteiger partial charge is 0.420 e. The number of rotatable bonds is 9. The fourth-order valence-corrected chi connectivity index (χ4v) is 6.06. The molecular weight excluding hydrogens is 657 g/mol. The lowest BCUT2D eigenvalue weighted by Gasteiger charge is -2.22. The quantitative estimate of drug-likeness (QED) is 0.183. The monoisotopic (exact) mass is 691 g/mol. The highest BCUT2D eigenvalue weighted by Gasteiger charge is 2.24. The first-order chi connectivity index (χ1) is 22.1. The van der Waals surface area contributed by atoms with Crippen LogP contribution in [0, 0.1) is 11.7 Å². The Morgan fingerprint density at radius 3 is 1.81 bits per heavy atom. The van der Waals surface area contributed by atoms with E-state index in [0.29, 0.717) is 28.7 Å². The molecular formula is C30H34FN5O9S2. The molecule has 0 unspecified atom stereocenters. The second-order valence-corrected chi connectivity index (χ2v) is 13.7. The number of nitrogens with one attached hydrogen (secondary N) is 3. The van der Waals surface area contributed by atoms with Gasteiger partial charge in [0.25, 0.3) is 20.0 Å². The number of halogens is 1. The molecule has 252 valence electrons. The van der Waals surface area contributed by atoms with Gasteiger partial charge >= 0.3 is 12.2 Å². The molecule has 3 amide bonds. The minimum atomic E-state index is -4.09. The van der Waals surface area contributed by atoms with Crippen LogP contribution in [0.4, 0.5) is 25.4 Å². The molecule has 0 spiro atoms. The van der Waals surface area contributed by atoms with Gasteiger partial charge in [0, 0.05) is 23.0 Å². The molecule has 0 aliphatic heterocycles. The van der Waals surface area contributed by atoms with Crippen molar-refractivity contribution >= 4 is 60.4 Å². The number of nitrogens with zero attached hydrogens (tertiary/aromatic N) is 1. The number of nitrogens with two attached hydrogens (primary N) is 1. The van der Waals surface area contributed by atoms with Crippen LogP contribution in [-0.2, 0) is 34.3 Å². The number of nitrogen functional groups attached to an aromatic ring is 1. The summed E-state index contributed by atoms with van der Waals surface area (Å²) in [5, 5.41) is 3.22. The Kier molecular flexibility index (Phi) is 11.9. The highest BCUT2D eigenvalue weighted by molar-refractivity contribution is 7.90. The van der Waals surface area contributed by atoms with Crippen molar-refractivity contribution in [1.29, 1.82) is 0 Å². The van der Waals surface area contributed by atoms with E-state index in [1.165, 1.54) is 54.6 Å². The minimum absolute atomic E-state index is 0.0536. The van der Waals surface area contributed by atoms with Crippen molar-refractivity contribution in [3.63, 3.8) is 0 Å². The zero-order valence-electron chi connectivity index (χ0n) is 25.8. The average molecular weight is 692 g/mol. The maximum atomic E-state index is 14.1. The number of carbonyl (C=O) groups is 3. The van der Waals surface area contributed by atoms with Crippen LogP contribution < -0.4 is 20.5 Å². The Bertz CT molecular complexity index is 1950. The zero-order valence-corrected chi connectivity index (χ0v) is 27.4. The summed E-state index contributed by atoms with van der Waals surface area (Å²) in [5.74, 6) is -0.486. The Hall–Kier alpha value is -5.16. The number of benzene rings is 3. The lowest BCUT2D eigenvalue weighted by Crippen LogP contribution is -2.30. The van der Waals surface area contributed by atoms with Crippen molar-refractivity contribution in [1.82, 2.24) is 14.0 Å². The summed E-state index contributed by atoms with van der Waals surface area (Å²) in [7, 11) is -5.83. The van der Waals surface area contributed by atoms with Crippen LogP contribution in [0.1, 0.15) is 26.3 Å². The summed E-state index contributed by atoms with van der Waals surface area (Å²) < 4.78 is 75.0. The first kappa shape index (κ1) is 36.3. The second kappa shape index (κ2) is 15.4. The molecule has 3 aromatic carbocycles. The number of ether oxygens (including phenoxy) is 2. The fraction of sp³-hybridized carbons (Fsp3) is 0.233. The maximum Gasteiger partial charge on any atom is 0.420 e. The van der Waals surface area contributed by atoms with Crippen molar-refractivity contribution in [3.8, 4) is 0 Å². The van der Waals surface area contributed by atoms with Gasteiger partial charge < -0.3 is 25.1 Å². The number of anilines is 2. The summed E-state index contributed by atoms with van der Waals surface area (Å²) >= 11 is 0. The van der Waals surface area contributed by atoms with Gasteiger partial charge in [-0.05, 0) is 79.1 Å². The molecule has 0 fully saturated rings. The number of aromatic nitrogens is 1. The van der Waals surface area contributed by atoms with E-state index in [9.17, 15) is 35.6 Å². The van der Waals surface area contributed by atoms with E-state index in [4.69, 9.17) is 5.73 Å². The third-order valence-corrected chi connectivity index (χ3v) is 9.13. The molecule has 0 saturated carbocycles. The van der Waals surface area contributed by atoms with Crippen molar-refractivity contribution in [2.24, 2.45) is 5.92 Å². The van der Waals surface area contributed by atoms with Crippen LogP contribution in [0.15, 0.2) is 88.8 Å². The molecule has 0 saturated heterocycles. The number of carbonyl (C=O) groups excluding carboxylic acids is 3. The number of sulfonamides is 2. The Morgan fingerprint density at radius 1 is 0.809 bits per heavy atom. The lowest BCUT2D eigenvalue weighted by molar-refractivity contribution is -0.119. The van der Waals surface area contributed by atoms with E-state index >= 15 is 0 Å². The third-order valence-electron chi connectivity index (χ3n) is 6.47. The molecule has 4 rings (SSSR count). The molecule has 1 heterocycles. The molecule has 0 aliphatic carbocycles. The number of hydrogen-bond donors (Lipinski definition) is 4. The van der Waals surface area contributed by atoms with E-state index in [1.54, 1.807) is 38.4 Å². The van der Waals surface area contributed by atoms with Crippen molar-refractivity contribution in [2.45, 2.75) is 36.1 Å². The number of fused-ring (bicyclic) bond motifs is 1. The van der Waals surface area contributed by atoms with E-state index in [2.05, 4.69) is 14.8 Å². The van der Waals surface area contributed by atoms with Crippen molar-refractivity contribution < 1.29 is 45.1 Å². The molecule has 47 heavy (non-hydrogen) atoms. The first-order valence-corrected chi connectivity index (χ1v) is 16.8. The lowest BCUT2D eigenvalue weighted by atomic mass is 10.0. The van der Waals surface area contributed by atoms with Crippen LogP contribution in [0.5, 0.6) is 0 Å². The third kappa shape index (κ3) is 9.67. The van der Waals surface area contributed by atoms with Gasteiger partial charge in [0.15, 0.2) is 0 Å². The van der Waals surface area contributed by atoms with Gasteiger partial charge in [-0.3, -0.25) is 4.79 Å². The van der Waals surface area contributed by atoms with Gasteiger partial charge in [-0.2, -0.15) is 0 Å². The van der Waals surface area contributed by atoms with E-state index in [0.717, 1.165) is 14.2 Å². The van der Waals surface area contributed by atoms with Crippen LogP contribution >= 0.6 is 0 Å². The Morgan fingerprint density at radius 2 is 1.32 bits per heavy atom. The average Bonchev–Trinajstić information content (AvgIpc) is 3.45. The summed E-state index contributed by atoms with van der Waals surface area (Å²) in [4.78, 5) is 34.8. The molecule has 0 radical (unpaired) electrons. The molecule has 0 aliphatic rings. The van der Waals surface area contributed by atoms with Crippen LogP contribution in [0.3, 0.4) is 0 Å². The standard InChI is InChI=1S/C22H24FN3O5S.C8H10N2O4S/c1-14(2)13-20(26-12-11-17-18(23)5-4-6-19(17)26)21(27)24-15-7-9-16(10-8-15)32(29,30)25-22(28)31-3;1-14-8(11)10-15(12,13)7-4-2-6(9)3-5-7/h4-12,14,20H,13H2,1-3H3,(H,24,27)(H,25,28);2-5H,9H2,1H3,(H,10,11)/t20-;/m1./s1. The molecule has 4 aromatic rings. The first-order valence-electron chi connectivity index (χ1n) is 13.8. The van der Waals surface area contributed by atoms with E-state index in [-0.39, 0.29) is 27.4 Å². The predicted octanol–water partition coefficient (Wildman–Crippen LogP) is 4.36. The number of amides is 3. The van der Waals surface area contributed by atoms with E-state index < -0.39 is 38.3 Å². The fourth-order valence-electron chi connectivity index (χ4n) is 4.23. The Balaban J connectivity index is 0.000000335. The van der Waals surface area contributed by atoms with Crippen LogP contribution in [-0.4, -0.2) is 53.7 Å². The van der Waals surface area contributed by atoms with Gasteiger partial charge in [-0.15, -0.1) is 0 Å². The normalized spacial score (nSPS) is 12.0. The maximum absolute atomic E-state index is 14.1. The SMILES string of the molecule is COC(=O)NS(=O)(=O)c1ccc(N)cc1.COC(=O)NS(=O)(=O)c1ccc(NC(=O)[C@@H](CC(C)C)n2ccc3c(F)cccc32)cc1. The molecule has 1 atom stereocenters. The predicted molar refractivity (Wildman–Crippen MR) is 172 cm³/mol. The summed E-state index contributed by atoms with van der Waals surface area (Å²) in [6.07, 6.45) is 0.0667. The second-order valence-electron chi connectivity index (χ2n) is 10.3. The van der Waals surface area contributed by atoms with Gasteiger partial charge in [0.1, 0.15) is 11.9 Å². The summed E-state index contributed by atoms with van der Waals surface area (Å²) in [6, 6.07) is 16.6. The molecule has 1 aromatic heterocycles. The summed E-state index contributed by atoms with van der Waals surface area (Å²) in [5.41, 5.74) is 6.82. The van der Waals surface area contributed by atoms with Gasteiger partial charge in [0.2, 0.25) is 5.91 Å². The zero-order chi connectivity index (χ0) is 34.9. The largest absolute Gasteiger partial charge is 0.452 e. The topological polar surface area (TPSA) is 205 Å².